The minimum Gasteiger partial charge on any atom is -0.456 e. The molecule has 55 heavy (non-hydrogen) atoms. The minimum absolute atomic E-state index is 0.0958. The molecule has 1 aliphatic rings. The summed E-state index contributed by atoms with van der Waals surface area (Å²) in [6, 6.07) is 68.6. The van der Waals surface area contributed by atoms with Gasteiger partial charge in [-0.2, -0.15) is 0 Å². The largest absolute Gasteiger partial charge is 0.456 e. The van der Waals surface area contributed by atoms with Gasteiger partial charge in [0.2, 0.25) is 0 Å². The highest BCUT2D eigenvalue weighted by atomic mass is 16.3. The molecule has 0 amide bonds. The van der Waals surface area contributed by atoms with E-state index in [2.05, 4.69) is 195 Å². The summed E-state index contributed by atoms with van der Waals surface area (Å²) in [5.41, 5.74) is 15.3. The average Bonchev–Trinajstić information content (AvgIpc) is 3.71. The molecule has 9 aromatic carbocycles. The lowest BCUT2D eigenvalue weighted by Gasteiger charge is -2.28. The Balaban J connectivity index is 0.991. The van der Waals surface area contributed by atoms with Crippen LogP contribution in [0.15, 0.2) is 192 Å². The standard InChI is InChI=1S/C53H37NO/c1-53(2)49-13-7-5-11-45(49)46-28-27-44(33-50(46)53)54(42-23-19-35(20-24-42)38-16-15-34-9-3-4-10-37(34)29-38)43-25-21-36(22-26-43)39-17-18-40-31-48-47-12-6-8-14-51(47)55-52(48)32-41(40)30-39/h3-33H,1-2H3. The van der Waals surface area contributed by atoms with Gasteiger partial charge in [-0.05, 0) is 133 Å². The molecule has 0 aliphatic heterocycles. The second-order valence-corrected chi connectivity index (χ2v) is 15.4. The Hall–Kier alpha value is -6.90. The first-order valence-electron chi connectivity index (χ1n) is 19.1. The molecule has 2 nitrogen and oxygen atoms in total. The molecule has 0 N–H and O–H groups in total. The van der Waals surface area contributed by atoms with Crippen molar-refractivity contribution in [1.29, 1.82) is 0 Å². The van der Waals surface area contributed by atoms with E-state index in [4.69, 9.17) is 4.42 Å². The number of nitrogens with zero attached hydrogens (tertiary/aromatic N) is 1. The van der Waals surface area contributed by atoms with Gasteiger partial charge in [-0.3, -0.25) is 0 Å². The summed E-state index contributed by atoms with van der Waals surface area (Å²) in [6.07, 6.45) is 0. The number of hydrogen-bond acceptors (Lipinski definition) is 2. The summed E-state index contributed by atoms with van der Waals surface area (Å²) in [5.74, 6) is 0. The first kappa shape index (κ1) is 31.6. The first-order valence-corrected chi connectivity index (χ1v) is 19.1. The molecular formula is C53H37NO. The van der Waals surface area contributed by atoms with Crippen molar-refractivity contribution < 1.29 is 4.42 Å². The van der Waals surface area contributed by atoms with E-state index in [0.717, 1.165) is 39.0 Å². The summed E-state index contributed by atoms with van der Waals surface area (Å²) in [6.45, 7) is 4.70. The van der Waals surface area contributed by atoms with Crippen LogP contribution in [0.2, 0.25) is 0 Å². The predicted octanol–water partition coefficient (Wildman–Crippen LogP) is 15.0. The number of anilines is 3. The molecule has 0 spiro atoms. The molecule has 260 valence electrons. The SMILES string of the molecule is CC1(C)c2ccccc2-c2ccc(N(c3ccc(-c4ccc5ccccc5c4)cc3)c3ccc(-c4ccc5cc6c(cc5c4)oc4ccccc46)cc3)cc21. The fraction of sp³-hybridized carbons (Fsp3) is 0.0566. The van der Waals surface area contributed by atoms with E-state index in [-0.39, 0.29) is 5.41 Å². The number of hydrogen-bond donors (Lipinski definition) is 0. The van der Waals surface area contributed by atoms with E-state index < -0.39 is 0 Å². The summed E-state index contributed by atoms with van der Waals surface area (Å²) >= 11 is 0. The van der Waals surface area contributed by atoms with Crippen LogP contribution in [0.3, 0.4) is 0 Å². The Morgan fingerprint density at radius 3 is 1.69 bits per heavy atom. The Kier molecular flexibility index (Phi) is 6.93. The zero-order valence-electron chi connectivity index (χ0n) is 30.8. The van der Waals surface area contributed by atoms with Gasteiger partial charge in [0.25, 0.3) is 0 Å². The lowest BCUT2D eigenvalue weighted by molar-refractivity contribution is 0.660. The topological polar surface area (TPSA) is 16.4 Å². The quantitative estimate of drug-likeness (QED) is 0.177. The van der Waals surface area contributed by atoms with Crippen molar-refractivity contribution in [1.82, 2.24) is 0 Å². The maximum atomic E-state index is 6.24. The average molecular weight is 704 g/mol. The van der Waals surface area contributed by atoms with Gasteiger partial charge in [-0.1, -0.05) is 135 Å². The molecule has 0 saturated carbocycles. The van der Waals surface area contributed by atoms with Crippen molar-refractivity contribution in [3.8, 4) is 33.4 Å². The number of fused-ring (bicyclic) bond motifs is 8. The van der Waals surface area contributed by atoms with Crippen LogP contribution in [0.4, 0.5) is 17.1 Å². The van der Waals surface area contributed by atoms with E-state index in [0.29, 0.717) is 0 Å². The number of benzene rings is 9. The van der Waals surface area contributed by atoms with Crippen molar-refractivity contribution in [2.24, 2.45) is 0 Å². The van der Waals surface area contributed by atoms with Gasteiger partial charge in [-0.15, -0.1) is 0 Å². The Bertz CT molecular complexity index is 3110. The first-order chi connectivity index (χ1) is 27.0. The minimum atomic E-state index is -0.0958. The summed E-state index contributed by atoms with van der Waals surface area (Å²) in [5, 5.41) is 7.20. The third-order valence-corrected chi connectivity index (χ3v) is 11.8. The predicted molar refractivity (Wildman–Crippen MR) is 232 cm³/mol. The molecule has 0 fully saturated rings. The van der Waals surface area contributed by atoms with E-state index >= 15 is 0 Å². The van der Waals surface area contributed by atoms with E-state index in [1.807, 2.05) is 12.1 Å². The second kappa shape index (κ2) is 12.1. The highest BCUT2D eigenvalue weighted by Crippen LogP contribution is 2.50. The second-order valence-electron chi connectivity index (χ2n) is 15.4. The van der Waals surface area contributed by atoms with Gasteiger partial charge >= 0.3 is 0 Å². The smallest absolute Gasteiger partial charge is 0.136 e. The molecule has 0 radical (unpaired) electrons. The van der Waals surface area contributed by atoms with Crippen LogP contribution in [0.25, 0.3) is 76.9 Å². The van der Waals surface area contributed by atoms with Crippen molar-refractivity contribution >= 4 is 60.5 Å². The van der Waals surface area contributed by atoms with Gasteiger partial charge in [0.05, 0.1) is 0 Å². The lowest BCUT2D eigenvalue weighted by atomic mass is 9.82. The van der Waals surface area contributed by atoms with E-state index in [1.165, 1.54) is 66.1 Å². The third kappa shape index (κ3) is 5.10. The highest BCUT2D eigenvalue weighted by molar-refractivity contribution is 6.10. The van der Waals surface area contributed by atoms with Crippen LogP contribution in [-0.2, 0) is 5.41 Å². The van der Waals surface area contributed by atoms with Gasteiger partial charge in [-0.25, -0.2) is 0 Å². The Morgan fingerprint density at radius 2 is 0.927 bits per heavy atom. The number of rotatable bonds is 5. The van der Waals surface area contributed by atoms with Gasteiger partial charge in [0.15, 0.2) is 0 Å². The summed E-state index contributed by atoms with van der Waals surface area (Å²) in [7, 11) is 0. The maximum Gasteiger partial charge on any atom is 0.136 e. The maximum absolute atomic E-state index is 6.24. The lowest BCUT2D eigenvalue weighted by Crippen LogP contribution is -2.16. The molecule has 1 heterocycles. The molecule has 0 bridgehead atoms. The summed E-state index contributed by atoms with van der Waals surface area (Å²) in [4.78, 5) is 2.39. The molecule has 0 unspecified atom stereocenters. The van der Waals surface area contributed by atoms with Crippen molar-refractivity contribution in [3.63, 3.8) is 0 Å². The van der Waals surface area contributed by atoms with Crippen LogP contribution in [0, 0.1) is 0 Å². The van der Waals surface area contributed by atoms with Crippen LogP contribution in [-0.4, -0.2) is 0 Å². The molecule has 10 aromatic rings. The van der Waals surface area contributed by atoms with Gasteiger partial charge in [0.1, 0.15) is 11.2 Å². The molecule has 11 rings (SSSR count). The molecule has 1 aromatic heterocycles. The fourth-order valence-corrected chi connectivity index (χ4v) is 8.90. The normalized spacial score (nSPS) is 13.1. The monoisotopic (exact) mass is 703 g/mol. The van der Waals surface area contributed by atoms with E-state index in [1.54, 1.807) is 0 Å². The van der Waals surface area contributed by atoms with Crippen molar-refractivity contribution in [2.75, 3.05) is 4.90 Å². The zero-order valence-corrected chi connectivity index (χ0v) is 30.8. The van der Waals surface area contributed by atoms with Gasteiger partial charge in [0, 0.05) is 33.2 Å². The molecule has 1 aliphatic carbocycles. The Labute approximate surface area is 320 Å². The molecule has 0 atom stereocenters. The van der Waals surface area contributed by atoms with Crippen LogP contribution in [0.1, 0.15) is 25.0 Å². The third-order valence-electron chi connectivity index (χ3n) is 11.8. The van der Waals surface area contributed by atoms with E-state index in [9.17, 15) is 0 Å². The molecular weight excluding hydrogens is 667 g/mol. The molecule has 2 heteroatoms. The zero-order chi connectivity index (χ0) is 36.7. The number of furan rings is 1. The fourth-order valence-electron chi connectivity index (χ4n) is 8.90. The van der Waals surface area contributed by atoms with Crippen LogP contribution < -0.4 is 4.90 Å². The number of para-hydroxylation sites is 1. The van der Waals surface area contributed by atoms with Crippen LogP contribution >= 0.6 is 0 Å². The Morgan fingerprint density at radius 1 is 0.364 bits per heavy atom. The van der Waals surface area contributed by atoms with Gasteiger partial charge < -0.3 is 9.32 Å². The summed E-state index contributed by atoms with van der Waals surface area (Å²) < 4.78 is 6.24. The van der Waals surface area contributed by atoms with Crippen molar-refractivity contribution in [3.05, 3.63) is 199 Å². The van der Waals surface area contributed by atoms with Crippen molar-refractivity contribution in [2.45, 2.75) is 19.3 Å². The van der Waals surface area contributed by atoms with Crippen LogP contribution in [0.5, 0.6) is 0 Å². The highest BCUT2D eigenvalue weighted by Gasteiger charge is 2.35. The molecule has 0 saturated heterocycles.